The molecule has 0 aliphatic carbocycles. The zero-order valence-electron chi connectivity index (χ0n) is 20.6. The van der Waals surface area contributed by atoms with Crippen LogP contribution in [0.25, 0.3) is 0 Å². The number of unbranched alkanes of at least 4 members (excludes halogenated alkanes) is 1. The van der Waals surface area contributed by atoms with Gasteiger partial charge in [0.15, 0.2) is 0 Å². The van der Waals surface area contributed by atoms with Crippen molar-refractivity contribution in [3.05, 3.63) is 41.3 Å². The number of hydrogen-bond donors (Lipinski definition) is 3. The Morgan fingerprint density at radius 1 is 1.26 bits per heavy atom. The second-order valence-electron chi connectivity index (χ2n) is 9.05. The van der Waals surface area contributed by atoms with E-state index < -0.39 is 12.0 Å². The summed E-state index contributed by atoms with van der Waals surface area (Å²) < 4.78 is 5.46. The van der Waals surface area contributed by atoms with Crippen molar-refractivity contribution in [1.29, 1.82) is 0 Å². The van der Waals surface area contributed by atoms with Gasteiger partial charge in [0, 0.05) is 44.8 Å². The molecule has 2 aromatic heterocycles. The summed E-state index contributed by atoms with van der Waals surface area (Å²) in [5.74, 6) is 0.474. The number of anilines is 2. The number of carboxylic acids is 1. The first-order valence-electron chi connectivity index (χ1n) is 12.2. The maximum Gasteiger partial charge on any atom is 0.326 e. The van der Waals surface area contributed by atoms with Crippen molar-refractivity contribution in [3.8, 4) is 0 Å². The number of carbonyl (C=O) groups is 1. The van der Waals surface area contributed by atoms with Gasteiger partial charge in [-0.05, 0) is 76.1 Å². The van der Waals surface area contributed by atoms with Gasteiger partial charge in [0.25, 0.3) is 0 Å². The molecule has 1 unspecified atom stereocenters. The summed E-state index contributed by atoms with van der Waals surface area (Å²) in [6.07, 6.45) is 9.11. The van der Waals surface area contributed by atoms with E-state index in [1.807, 2.05) is 13.8 Å². The van der Waals surface area contributed by atoms with Gasteiger partial charge in [-0.1, -0.05) is 6.07 Å². The lowest BCUT2D eigenvalue weighted by atomic mass is 10.1. The lowest BCUT2D eigenvalue weighted by Gasteiger charge is -2.26. The van der Waals surface area contributed by atoms with Gasteiger partial charge in [0.05, 0.1) is 6.10 Å². The van der Waals surface area contributed by atoms with Crippen LogP contribution < -0.4 is 10.6 Å². The molecule has 0 aromatic carbocycles. The van der Waals surface area contributed by atoms with Crippen molar-refractivity contribution >= 4 is 17.7 Å². The molecule has 0 bridgehead atoms. The second kappa shape index (κ2) is 13.2. The number of nitrogens with one attached hydrogen (secondary N) is 2. The summed E-state index contributed by atoms with van der Waals surface area (Å²) >= 11 is 0. The SMILES string of the molecule is CO[C@H](C)CN(CCCCc1ccc2c(n1)NCCC2)CCC(Nc1ncc(C)cn1)C(=O)O. The van der Waals surface area contributed by atoms with E-state index in [2.05, 4.69) is 37.6 Å². The normalized spacial score (nSPS) is 14.8. The summed E-state index contributed by atoms with van der Waals surface area (Å²) in [6, 6.07) is 3.59. The van der Waals surface area contributed by atoms with E-state index in [4.69, 9.17) is 9.72 Å². The number of aliphatic carboxylic acids is 1. The van der Waals surface area contributed by atoms with Crippen molar-refractivity contribution in [2.75, 3.05) is 43.9 Å². The van der Waals surface area contributed by atoms with E-state index in [1.165, 1.54) is 12.0 Å². The summed E-state index contributed by atoms with van der Waals surface area (Å²) in [5, 5.41) is 16.0. The molecule has 9 nitrogen and oxygen atoms in total. The third-order valence-corrected chi connectivity index (χ3v) is 6.14. The molecule has 0 spiro atoms. The van der Waals surface area contributed by atoms with E-state index in [-0.39, 0.29) is 6.10 Å². The summed E-state index contributed by atoms with van der Waals surface area (Å²) in [4.78, 5) is 27.2. The number of ether oxygens (including phenoxy) is 1. The average Bonchev–Trinajstić information content (AvgIpc) is 2.84. The van der Waals surface area contributed by atoms with Gasteiger partial charge in [-0.2, -0.15) is 0 Å². The topological polar surface area (TPSA) is 113 Å². The minimum Gasteiger partial charge on any atom is -0.480 e. The van der Waals surface area contributed by atoms with Crippen molar-refractivity contribution in [3.63, 3.8) is 0 Å². The summed E-state index contributed by atoms with van der Waals surface area (Å²) in [5.41, 5.74) is 3.37. The van der Waals surface area contributed by atoms with Crippen LogP contribution in [0.2, 0.25) is 0 Å². The van der Waals surface area contributed by atoms with Gasteiger partial charge in [-0.25, -0.2) is 19.7 Å². The zero-order valence-corrected chi connectivity index (χ0v) is 20.6. The number of pyridine rings is 1. The quantitative estimate of drug-likeness (QED) is 0.358. The molecule has 0 radical (unpaired) electrons. The van der Waals surface area contributed by atoms with Crippen molar-refractivity contribution in [2.45, 2.75) is 64.5 Å². The second-order valence-corrected chi connectivity index (χ2v) is 9.05. The number of rotatable bonds is 14. The Labute approximate surface area is 202 Å². The highest BCUT2D eigenvalue weighted by Crippen LogP contribution is 2.20. The van der Waals surface area contributed by atoms with Gasteiger partial charge in [-0.15, -0.1) is 0 Å². The van der Waals surface area contributed by atoms with Crippen LogP contribution in [0, 0.1) is 6.92 Å². The highest BCUT2D eigenvalue weighted by molar-refractivity contribution is 5.76. The number of aryl methyl sites for hydroxylation is 3. The predicted molar refractivity (Wildman–Crippen MR) is 133 cm³/mol. The van der Waals surface area contributed by atoms with Crippen LogP contribution in [0.15, 0.2) is 24.5 Å². The molecule has 0 fully saturated rings. The molecular weight excluding hydrogens is 432 g/mol. The standard InChI is InChI=1S/C25H38N6O3/c1-18-15-27-25(28-16-18)30-22(24(32)33)11-14-31(17-19(2)34-3)13-5-4-8-21-10-9-20-7-6-12-26-23(20)29-21/h9-10,15-16,19,22H,4-8,11-14,17H2,1-3H3,(H,26,29)(H,32,33)(H,27,28,30)/t19-,22?/m1/s1. The fourth-order valence-corrected chi connectivity index (χ4v) is 4.07. The number of methoxy groups -OCH3 is 1. The third-order valence-electron chi connectivity index (χ3n) is 6.14. The lowest BCUT2D eigenvalue weighted by molar-refractivity contribution is -0.138. The van der Waals surface area contributed by atoms with Gasteiger partial charge in [-0.3, -0.25) is 0 Å². The third kappa shape index (κ3) is 8.22. The first kappa shape index (κ1) is 25.8. The Bertz CT molecular complexity index is 908. The lowest BCUT2D eigenvalue weighted by Crippen LogP contribution is -2.38. The summed E-state index contributed by atoms with van der Waals surface area (Å²) in [7, 11) is 1.70. The fourth-order valence-electron chi connectivity index (χ4n) is 4.07. The Morgan fingerprint density at radius 2 is 2.06 bits per heavy atom. The van der Waals surface area contributed by atoms with Crippen LogP contribution in [0.5, 0.6) is 0 Å². The van der Waals surface area contributed by atoms with E-state index in [0.717, 1.165) is 62.4 Å². The van der Waals surface area contributed by atoms with Gasteiger partial charge < -0.3 is 25.4 Å². The molecule has 1 aliphatic rings. The molecule has 9 heteroatoms. The van der Waals surface area contributed by atoms with Crippen molar-refractivity contribution in [1.82, 2.24) is 19.9 Å². The van der Waals surface area contributed by atoms with Gasteiger partial charge in [0.2, 0.25) is 5.95 Å². The molecule has 3 rings (SSSR count). The minimum absolute atomic E-state index is 0.0741. The molecule has 2 atom stereocenters. The number of hydrogen-bond acceptors (Lipinski definition) is 8. The minimum atomic E-state index is -0.906. The maximum atomic E-state index is 11.8. The molecule has 0 saturated heterocycles. The first-order valence-corrected chi connectivity index (χ1v) is 12.2. The van der Waals surface area contributed by atoms with Crippen LogP contribution in [0.4, 0.5) is 11.8 Å². The van der Waals surface area contributed by atoms with Gasteiger partial charge in [0.1, 0.15) is 11.9 Å². The van der Waals surface area contributed by atoms with E-state index in [0.29, 0.717) is 18.9 Å². The summed E-state index contributed by atoms with van der Waals surface area (Å²) in [6.45, 7) is 7.20. The Morgan fingerprint density at radius 3 is 2.79 bits per heavy atom. The van der Waals surface area contributed by atoms with Crippen LogP contribution in [-0.2, 0) is 22.4 Å². The monoisotopic (exact) mass is 470 g/mol. The molecule has 0 saturated carbocycles. The zero-order chi connectivity index (χ0) is 24.3. The Hall–Kier alpha value is -2.78. The molecule has 2 aromatic rings. The van der Waals surface area contributed by atoms with Crippen LogP contribution in [0.1, 0.15) is 49.4 Å². The number of fused-ring (bicyclic) bond motifs is 1. The largest absolute Gasteiger partial charge is 0.480 e. The van der Waals surface area contributed by atoms with E-state index in [9.17, 15) is 9.90 Å². The van der Waals surface area contributed by atoms with E-state index >= 15 is 0 Å². The van der Waals surface area contributed by atoms with Gasteiger partial charge >= 0.3 is 5.97 Å². The Kier molecular flexibility index (Phi) is 10.0. The number of nitrogens with zero attached hydrogens (tertiary/aromatic N) is 4. The van der Waals surface area contributed by atoms with Crippen molar-refractivity contribution < 1.29 is 14.6 Å². The van der Waals surface area contributed by atoms with Crippen LogP contribution >= 0.6 is 0 Å². The van der Waals surface area contributed by atoms with Crippen LogP contribution in [-0.4, -0.2) is 76.4 Å². The highest BCUT2D eigenvalue weighted by Gasteiger charge is 2.20. The number of carboxylic acid groups (broad SMARTS) is 1. The molecule has 34 heavy (non-hydrogen) atoms. The predicted octanol–water partition coefficient (Wildman–Crippen LogP) is 3.15. The molecular formula is C25H38N6O3. The van der Waals surface area contributed by atoms with E-state index in [1.54, 1.807) is 19.5 Å². The average molecular weight is 471 g/mol. The fraction of sp³-hybridized carbons (Fsp3) is 0.600. The molecule has 3 heterocycles. The molecule has 186 valence electrons. The Balaban J connectivity index is 1.49. The first-order chi connectivity index (χ1) is 16.4. The molecule has 1 aliphatic heterocycles. The van der Waals surface area contributed by atoms with Crippen LogP contribution in [0.3, 0.4) is 0 Å². The maximum absolute atomic E-state index is 11.8. The molecule has 0 amide bonds. The smallest absolute Gasteiger partial charge is 0.326 e. The highest BCUT2D eigenvalue weighted by atomic mass is 16.5. The number of aromatic nitrogens is 3. The molecule has 3 N–H and O–H groups in total. The van der Waals surface area contributed by atoms with Crippen molar-refractivity contribution in [2.24, 2.45) is 0 Å².